The van der Waals surface area contributed by atoms with E-state index in [-0.39, 0.29) is 0 Å². The summed E-state index contributed by atoms with van der Waals surface area (Å²) >= 11 is 0. The Morgan fingerprint density at radius 1 is 0.281 bits per heavy atom. The van der Waals surface area contributed by atoms with Gasteiger partial charge in [0.1, 0.15) is 0 Å². The molecular formula is C28H64Si4. The Labute approximate surface area is 208 Å². The van der Waals surface area contributed by atoms with Gasteiger partial charge in [-0.1, -0.05) is 181 Å². The van der Waals surface area contributed by atoms with E-state index in [1.165, 1.54) is 77.0 Å². The Hall–Kier alpha value is 0.868. The standard InChI is InChI=1S/C28H64Si4/c1-9-13-17-21-25-29(5)30(6,26-22-18-14-10-2)32(8,28-24-20-16-12-4)31(29,7)27-23-19-15-11-3/h9-28H2,1-8H3. The maximum absolute atomic E-state index is 3.05. The Morgan fingerprint density at radius 2 is 0.469 bits per heavy atom. The SMILES string of the molecule is CCCCCC[Si]1(C)[Si](C)(CCCCCC)[Si](C)(CCCCCC)[Si]1(C)CCCCCC. The summed E-state index contributed by atoms with van der Waals surface area (Å²) < 4.78 is 0. The van der Waals surface area contributed by atoms with Crippen LogP contribution in [0.2, 0.25) is 50.4 Å². The first-order chi connectivity index (χ1) is 15.2. The maximum Gasteiger partial charge on any atom is 0.0342 e. The van der Waals surface area contributed by atoms with Gasteiger partial charge in [-0.25, -0.2) is 0 Å². The van der Waals surface area contributed by atoms with Crippen LogP contribution in [0.3, 0.4) is 0 Å². The van der Waals surface area contributed by atoms with Crippen LogP contribution in [0.15, 0.2) is 0 Å². The van der Waals surface area contributed by atoms with Crippen molar-refractivity contribution in [2.24, 2.45) is 0 Å². The summed E-state index contributed by atoms with van der Waals surface area (Å²) in [7, 11) is -4.16. The molecule has 1 aliphatic rings. The molecule has 0 aliphatic carbocycles. The molecule has 0 aromatic heterocycles. The molecule has 1 heterocycles. The highest BCUT2D eigenvalue weighted by Gasteiger charge is 2.80. The first-order valence-corrected chi connectivity index (χ1v) is 30.1. The molecule has 0 radical (unpaired) electrons. The number of hydrogen-bond donors (Lipinski definition) is 0. The molecule has 0 atom stereocenters. The Balaban J connectivity index is 3.16. The minimum absolute atomic E-state index is 1.04. The van der Waals surface area contributed by atoms with Crippen LogP contribution in [-0.4, -0.2) is 28.4 Å². The topological polar surface area (TPSA) is 0 Å². The molecule has 1 saturated heterocycles. The number of hydrogen-bond acceptors (Lipinski definition) is 0. The van der Waals surface area contributed by atoms with Crippen LogP contribution in [0.25, 0.3) is 0 Å². The molecule has 0 bridgehead atoms. The summed E-state index contributed by atoms with van der Waals surface area (Å²) in [5, 5.41) is 0. The number of unbranched alkanes of at least 4 members (excludes halogenated alkanes) is 12. The molecule has 0 N–H and O–H groups in total. The predicted octanol–water partition coefficient (Wildman–Crippen LogP) is 10.9. The van der Waals surface area contributed by atoms with Crippen LogP contribution in [0.4, 0.5) is 0 Å². The third-order valence-electron chi connectivity index (χ3n) is 11.0. The first-order valence-electron chi connectivity index (χ1n) is 15.2. The molecule has 4 heteroatoms. The molecule has 1 fully saturated rings. The largest absolute Gasteiger partial charge is 0.0733 e. The molecule has 0 saturated carbocycles. The van der Waals surface area contributed by atoms with Gasteiger partial charge in [-0.3, -0.25) is 0 Å². The van der Waals surface area contributed by atoms with Crippen LogP contribution in [0.5, 0.6) is 0 Å². The second kappa shape index (κ2) is 15.1. The molecule has 192 valence electrons. The molecule has 0 amide bonds. The summed E-state index contributed by atoms with van der Waals surface area (Å²) in [5.41, 5.74) is 0. The Bertz CT molecular complexity index is 394. The van der Waals surface area contributed by atoms with Crippen molar-refractivity contribution in [2.45, 2.75) is 181 Å². The lowest BCUT2D eigenvalue weighted by Crippen LogP contribution is -3.03. The third-order valence-corrected chi connectivity index (χ3v) is 110. The fourth-order valence-electron chi connectivity index (χ4n) is 8.20. The summed E-state index contributed by atoms with van der Waals surface area (Å²) in [5.74, 6) is 0. The lowest BCUT2D eigenvalue weighted by Gasteiger charge is -2.77. The van der Waals surface area contributed by atoms with Crippen molar-refractivity contribution in [1.29, 1.82) is 0 Å². The monoisotopic (exact) mass is 512 g/mol. The van der Waals surface area contributed by atoms with Gasteiger partial charge >= 0.3 is 0 Å². The van der Waals surface area contributed by atoms with Crippen molar-refractivity contribution < 1.29 is 0 Å². The lowest BCUT2D eigenvalue weighted by atomic mass is 10.2. The van der Waals surface area contributed by atoms with E-state index in [0.717, 1.165) is 0 Å². The van der Waals surface area contributed by atoms with E-state index in [0.29, 0.717) is 0 Å². The average Bonchev–Trinajstić information content (AvgIpc) is 2.79. The van der Waals surface area contributed by atoms with Crippen molar-refractivity contribution in [2.75, 3.05) is 0 Å². The van der Waals surface area contributed by atoms with Crippen LogP contribution >= 0.6 is 0 Å². The van der Waals surface area contributed by atoms with Crippen molar-refractivity contribution in [3.8, 4) is 0 Å². The molecule has 0 aromatic rings. The van der Waals surface area contributed by atoms with Gasteiger partial charge < -0.3 is 0 Å². The molecule has 0 unspecified atom stereocenters. The quantitative estimate of drug-likeness (QED) is 0.112. The van der Waals surface area contributed by atoms with Crippen LogP contribution < -0.4 is 0 Å². The average molecular weight is 513 g/mol. The molecule has 1 rings (SSSR count). The Kier molecular flexibility index (Phi) is 14.6. The van der Waals surface area contributed by atoms with Crippen LogP contribution in [-0.2, 0) is 0 Å². The zero-order valence-corrected chi connectivity index (χ0v) is 28.1. The van der Waals surface area contributed by atoms with E-state index in [1.807, 2.05) is 0 Å². The van der Waals surface area contributed by atoms with E-state index < -0.39 is 28.4 Å². The molecule has 1 aliphatic heterocycles. The molecular weight excluding hydrogens is 449 g/mol. The maximum atomic E-state index is 3.05. The van der Waals surface area contributed by atoms with Gasteiger partial charge in [0, 0.05) is 28.4 Å². The van der Waals surface area contributed by atoms with Crippen molar-refractivity contribution >= 4 is 28.4 Å². The summed E-state index contributed by atoms with van der Waals surface area (Å²) in [6.45, 7) is 21.8. The number of rotatable bonds is 20. The van der Waals surface area contributed by atoms with E-state index in [9.17, 15) is 0 Å². The highest BCUT2D eigenvalue weighted by molar-refractivity contribution is 8.13. The van der Waals surface area contributed by atoms with E-state index in [1.54, 1.807) is 49.9 Å². The minimum Gasteiger partial charge on any atom is -0.0733 e. The minimum atomic E-state index is -1.04. The zero-order chi connectivity index (χ0) is 24.1. The van der Waals surface area contributed by atoms with Crippen molar-refractivity contribution in [1.82, 2.24) is 0 Å². The van der Waals surface area contributed by atoms with E-state index in [2.05, 4.69) is 53.9 Å². The van der Waals surface area contributed by atoms with Gasteiger partial charge in [0.2, 0.25) is 0 Å². The zero-order valence-electron chi connectivity index (χ0n) is 24.1. The van der Waals surface area contributed by atoms with Gasteiger partial charge in [-0.05, 0) is 0 Å². The second-order valence-corrected chi connectivity index (χ2v) is 57.7. The summed E-state index contributed by atoms with van der Waals surface area (Å²) in [6, 6.07) is 7.05. The Morgan fingerprint density at radius 3 is 0.625 bits per heavy atom. The second-order valence-electron chi connectivity index (χ2n) is 12.6. The fourth-order valence-corrected chi connectivity index (χ4v) is 154. The first kappa shape index (κ1) is 30.9. The smallest absolute Gasteiger partial charge is 0.0342 e. The highest BCUT2D eigenvalue weighted by Crippen LogP contribution is 2.60. The van der Waals surface area contributed by atoms with Crippen LogP contribution in [0.1, 0.15) is 130 Å². The normalized spacial score (nSPS) is 32.2. The van der Waals surface area contributed by atoms with E-state index >= 15 is 0 Å². The van der Waals surface area contributed by atoms with Crippen molar-refractivity contribution in [3.63, 3.8) is 0 Å². The summed E-state index contributed by atoms with van der Waals surface area (Å²) in [6.07, 6.45) is 24.1. The summed E-state index contributed by atoms with van der Waals surface area (Å²) in [4.78, 5) is 0. The molecule has 32 heavy (non-hydrogen) atoms. The molecule has 0 aromatic carbocycles. The van der Waals surface area contributed by atoms with Gasteiger partial charge in [0.15, 0.2) is 0 Å². The highest BCUT2D eigenvalue weighted by atomic mass is 30.2. The van der Waals surface area contributed by atoms with E-state index in [4.69, 9.17) is 0 Å². The van der Waals surface area contributed by atoms with Gasteiger partial charge in [0.05, 0.1) is 0 Å². The van der Waals surface area contributed by atoms with Crippen molar-refractivity contribution in [3.05, 3.63) is 0 Å². The van der Waals surface area contributed by atoms with Crippen LogP contribution in [0, 0.1) is 0 Å². The van der Waals surface area contributed by atoms with Gasteiger partial charge in [0.25, 0.3) is 0 Å². The fraction of sp³-hybridized carbons (Fsp3) is 1.00. The molecule has 0 spiro atoms. The van der Waals surface area contributed by atoms with Gasteiger partial charge in [-0.2, -0.15) is 0 Å². The molecule has 0 nitrogen and oxygen atoms in total. The lowest BCUT2D eigenvalue weighted by molar-refractivity contribution is 0.689. The predicted molar refractivity (Wildman–Crippen MR) is 162 cm³/mol. The third kappa shape index (κ3) is 6.54. The van der Waals surface area contributed by atoms with Gasteiger partial charge in [-0.15, -0.1) is 0 Å².